The van der Waals surface area contributed by atoms with Crippen LogP contribution in [0, 0.1) is 6.92 Å². The first-order valence-corrected chi connectivity index (χ1v) is 7.98. The van der Waals surface area contributed by atoms with Gasteiger partial charge in [0.15, 0.2) is 9.84 Å². The second kappa shape index (κ2) is 4.85. The van der Waals surface area contributed by atoms with Crippen molar-refractivity contribution in [2.75, 3.05) is 29.5 Å². The fourth-order valence-corrected chi connectivity index (χ4v) is 3.45. The molecule has 1 aliphatic heterocycles. The van der Waals surface area contributed by atoms with Crippen molar-refractivity contribution in [2.45, 2.75) is 6.92 Å². The van der Waals surface area contributed by atoms with Gasteiger partial charge in [0.05, 0.1) is 11.5 Å². The molecule has 0 aromatic heterocycles. The summed E-state index contributed by atoms with van der Waals surface area (Å²) in [5, 5.41) is 0. The molecule has 0 unspecified atom stereocenters. The van der Waals surface area contributed by atoms with Crippen LogP contribution in [0.4, 0.5) is 5.69 Å². The van der Waals surface area contributed by atoms with E-state index in [0.717, 1.165) is 16.8 Å². The molecule has 2 N–H and O–H groups in total. The van der Waals surface area contributed by atoms with E-state index in [9.17, 15) is 8.42 Å². The quantitative estimate of drug-likeness (QED) is 0.816. The molecule has 0 radical (unpaired) electrons. The van der Waals surface area contributed by atoms with Crippen LogP contribution in [-0.2, 0) is 9.84 Å². The first-order valence-electron chi connectivity index (χ1n) is 5.75. The Kier molecular flexibility index (Phi) is 3.59. The highest BCUT2D eigenvalue weighted by atomic mass is 32.2. The van der Waals surface area contributed by atoms with Gasteiger partial charge in [0, 0.05) is 24.3 Å². The number of nitrogens with zero attached hydrogens (tertiary/aromatic N) is 1. The normalized spacial score (nSPS) is 18.6. The minimum Gasteiger partial charge on any atom is -0.389 e. The molecule has 0 atom stereocenters. The number of hydrogen-bond donors (Lipinski definition) is 1. The molecule has 0 spiro atoms. The number of aryl methyl sites for hydroxylation is 1. The Balaban J connectivity index is 2.22. The largest absolute Gasteiger partial charge is 0.389 e. The molecule has 1 aromatic rings. The number of benzene rings is 1. The highest BCUT2D eigenvalue weighted by Gasteiger charge is 2.22. The van der Waals surface area contributed by atoms with E-state index in [1.807, 2.05) is 25.1 Å². The number of sulfone groups is 1. The molecule has 0 saturated carbocycles. The summed E-state index contributed by atoms with van der Waals surface area (Å²) in [5.41, 5.74) is 8.56. The molecule has 2 rings (SSSR count). The van der Waals surface area contributed by atoms with Gasteiger partial charge in [0.25, 0.3) is 0 Å². The Bertz CT molecular complexity index is 568. The zero-order valence-electron chi connectivity index (χ0n) is 10.2. The molecule has 1 aromatic carbocycles. The van der Waals surface area contributed by atoms with Crippen LogP contribution < -0.4 is 10.6 Å². The fraction of sp³-hybridized carbons (Fsp3) is 0.417. The molecule has 18 heavy (non-hydrogen) atoms. The second-order valence-corrected chi connectivity index (χ2v) is 7.25. The van der Waals surface area contributed by atoms with Gasteiger partial charge in [-0.15, -0.1) is 0 Å². The van der Waals surface area contributed by atoms with Crippen molar-refractivity contribution in [1.82, 2.24) is 0 Å². The Labute approximate surface area is 113 Å². The Hall–Kier alpha value is -1.14. The lowest BCUT2D eigenvalue weighted by Crippen LogP contribution is -2.40. The maximum absolute atomic E-state index is 11.4. The molecular weight excluding hydrogens is 268 g/mol. The van der Waals surface area contributed by atoms with E-state index >= 15 is 0 Å². The lowest BCUT2D eigenvalue weighted by molar-refractivity contribution is 0.586. The minimum absolute atomic E-state index is 0.226. The summed E-state index contributed by atoms with van der Waals surface area (Å²) in [4.78, 5) is 2.48. The SMILES string of the molecule is Cc1cc(C(N)=S)ccc1N1CCS(=O)(=O)CC1. The van der Waals surface area contributed by atoms with Crippen molar-refractivity contribution < 1.29 is 8.42 Å². The van der Waals surface area contributed by atoms with Crippen LogP contribution in [-0.4, -0.2) is 38.0 Å². The van der Waals surface area contributed by atoms with Gasteiger partial charge in [-0.25, -0.2) is 8.42 Å². The summed E-state index contributed by atoms with van der Waals surface area (Å²) in [6.07, 6.45) is 0. The zero-order valence-corrected chi connectivity index (χ0v) is 11.9. The topological polar surface area (TPSA) is 63.4 Å². The van der Waals surface area contributed by atoms with E-state index in [2.05, 4.69) is 4.90 Å². The van der Waals surface area contributed by atoms with Gasteiger partial charge in [-0.05, 0) is 30.7 Å². The van der Waals surface area contributed by atoms with E-state index in [-0.39, 0.29) is 11.5 Å². The summed E-state index contributed by atoms with van der Waals surface area (Å²) in [7, 11) is -2.84. The summed E-state index contributed by atoms with van der Waals surface area (Å²) >= 11 is 4.94. The second-order valence-electron chi connectivity index (χ2n) is 4.50. The number of thiocarbonyl (C=S) groups is 1. The van der Waals surface area contributed by atoms with Crippen molar-refractivity contribution in [3.05, 3.63) is 29.3 Å². The standard InChI is InChI=1S/C12H16N2O2S2/c1-9-8-10(12(13)17)2-3-11(9)14-4-6-18(15,16)7-5-14/h2-3,8H,4-7H2,1H3,(H2,13,17). The van der Waals surface area contributed by atoms with E-state index < -0.39 is 9.84 Å². The smallest absolute Gasteiger partial charge is 0.153 e. The van der Waals surface area contributed by atoms with Crippen molar-refractivity contribution in [2.24, 2.45) is 5.73 Å². The first-order chi connectivity index (χ1) is 8.39. The number of nitrogens with two attached hydrogens (primary N) is 1. The Morgan fingerprint density at radius 1 is 1.33 bits per heavy atom. The van der Waals surface area contributed by atoms with Crippen LogP contribution in [0.5, 0.6) is 0 Å². The summed E-state index contributed by atoms with van der Waals surface area (Å²) in [6, 6.07) is 5.79. The highest BCUT2D eigenvalue weighted by Crippen LogP contribution is 2.23. The lowest BCUT2D eigenvalue weighted by Gasteiger charge is -2.30. The van der Waals surface area contributed by atoms with Crippen molar-refractivity contribution in [1.29, 1.82) is 0 Å². The zero-order chi connectivity index (χ0) is 13.3. The molecule has 98 valence electrons. The molecule has 0 amide bonds. The average molecular weight is 284 g/mol. The molecular formula is C12H16N2O2S2. The predicted molar refractivity (Wildman–Crippen MR) is 77.9 cm³/mol. The van der Waals surface area contributed by atoms with Gasteiger partial charge < -0.3 is 10.6 Å². The van der Waals surface area contributed by atoms with Crippen LogP contribution in [0.1, 0.15) is 11.1 Å². The van der Waals surface area contributed by atoms with E-state index in [0.29, 0.717) is 18.1 Å². The third-order valence-corrected chi connectivity index (χ3v) is 5.01. The summed E-state index contributed by atoms with van der Waals surface area (Å²) < 4.78 is 22.8. The predicted octanol–water partition coefficient (Wildman–Crippen LogP) is 0.864. The monoisotopic (exact) mass is 284 g/mol. The van der Waals surface area contributed by atoms with E-state index in [1.165, 1.54) is 0 Å². The van der Waals surface area contributed by atoms with Crippen LogP contribution in [0.25, 0.3) is 0 Å². The summed E-state index contributed by atoms with van der Waals surface area (Å²) in [5.74, 6) is 0.451. The maximum Gasteiger partial charge on any atom is 0.153 e. The van der Waals surface area contributed by atoms with E-state index in [1.54, 1.807) is 0 Å². The Morgan fingerprint density at radius 3 is 2.44 bits per heavy atom. The van der Waals surface area contributed by atoms with Crippen molar-refractivity contribution in [3.63, 3.8) is 0 Å². The van der Waals surface area contributed by atoms with Crippen LogP contribution in [0.3, 0.4) is 0 Å². The first kappa shape index (κ1) is 13.3. The maximum atomic E-state index is 11.4. The minimum atomic E-state index is -2.84. The molecule has 0 bridgehead atoms. The van der Waals surface area contributed by atoms with E-state index in [4.69, 9.17) is 18.0 Å². The number of rotatable bonds is 2. The molecule has 4 nitrogen and oxygen atoms in total. The van der Waals surface area contributed by atoms with Gasteiger partial charge in [0.1, 0.15) is 4.99 Å². The molecule has 1 saturated heterocycles. The van der Waals surface area contributed by atoms with Crippen molar-refractivity contribution in [3.8, 4) is 0 Å². The molecule has 6 heteroatoms. The average Bonchev–Trinajstić information content (AvgIpc) is 2.29. The molecule has 1 heterocycles. The summed E-state index contributed by atoms with van der Waals surface area (Å²) in [6.45, 7) is 3.09. The van der Waals surface area contributed by atoms with Gasteiger partial charge in [-0.2, -0.15) is 0 Å². The third kappa shape index (κ3) is 2.81. The number of anilines is 1. The highest BCUT2D eigenvalue weighted by molar-refractivity contribution is 7.91. The van der Waals surface area contributed by atoms with Gasteiger partial charge in [0.2, 0.25) is 0 Å². The van der Waals surface area contributed by atoms with Gasteiger partial charge in [-0.1, -0.05) is 12.2 Å². The Morgan fingerprint density at radius 2 is 1.94 bits per heavy atom. The van der Waals surface area contributed by atoms with Crippen LogP contribution in [0.2, 0.25) is 0 Å². The third-order valence-electron chi connectivity index (χ3n) is 3.17. The van der Waals surface area contributed by atoms with Gasteiger partial charge in [-0.3, -0.25) is 0 Å². The lowest BCUT2D eigenvalue weighted by atomic mass is 10.1. The molecule has 0 aliphatic carbocycles. The fourth-order valence-electron chi connectivity index (χ4n) is 2.12. The molecule has 1 fully saturated rings. The van der Waals surface area contributed by atoms with Crippen LogP contribution >= 0.6 is 12.2 Å². The van der Waals surface area contributed by atoms with Gasteiger partial charge >= 0.3 is 0 Å². The molecule has 1 aliphatic rings. The van der Waals surface area contributed by atoms with Crippen LogP contribution in [0.15, 0.2) is 18.2 Å². The number of hydrogen-bond acceptors (Lipinski definition) is 4. The van der Waals surface area contributed by atoms with Crippen molar-refractivity contribution >= 4 is 32.7 Å².